The summed E-state index contributed by atoms with van der Waals surface area (Å²) in [6, 6.07) is 0. The van der Waals surface area contributed by atoms with Crippen LogP contribution in [0.25, 0.3) is 0 Å². The molecule has 1 unspecified atom stereocenters. The van der Waals surface area contributed by atoms with Crippen LogP contribution >= 0.6 is 12.6 Å². The molecule has 0 aromatic carbocycles. The molecule has 0 amide bonds. The van der Waals surface area contributed by atoms with Crippen LogP contribution in [0.5, 0.6) is 0 Å². The van der Waals surface area contributed by atoms with E-state index in [0.29, 0.717) is 0 Å². The van der Waals surface area contributed by atoms with Crippen LogP contribution < -0.4 is 5.32 Å². The second-order valence-corrected chi connectivity index (χ2v) is 3.60. The summed E-state index contributed by atoms with van der Waals surface area (Å²) in [6.45, 7) is 8.94. The van der Waals surface area contributed by atoms with Crippen molar-refractivity contribution in [1.82, 2.24) is 5.32 Å². The van der Waals surface area contributed by atoms with Gasteiger partial charge >= 0.3 is 0 Å². The number of hydrogen-bond acceptors (Lipinski definition) is 2. The fraction of sp³-hybridized carbons (Fsp3) is 1.00. The minimum Gasteiger partial charge on any atom is -0.316 e. The molecule has 1 N–H and O–H groups in total. The van der Waals surface area contributed by atoms with E-state index in [0.717, 1.165) is 30.7 Å². The first kappa shape index (κ1) is 10.3. The zero-order valence-electron chi connectivity index (χ0n) is 7.22. The van der Waals surface area contributed by atoms with Crippen molar-refractivity contribution in [3.05, 3.63) is 0 Å². The molecule has 10 heavy (non-hydrogen) atoms. The lowest BCUT2D eigenvalue weighted by Crippen LogP contribution is -2.25. The summed E-state index contributed by atoms with van der Waals surface area (Å²) >= 11 is 4.11. The Morgan fingerprint density at radius 2 is 1.90 bits per heavy atom. The molecule has 2 heteroatoms. The Labute approximate surface area is 70.0 Å². The molecule has 0 aliphatic rings. The first-order chi connectivity index (χ1) is 4.68. The minimum absolute atomic E-state index is 0.778. The van der Waals surface area contributed by atoms with Gasteiger partial charge in [-0.25, -0.2) is 0 Å². The Balaban J connectivity index is 3.13. The lowest BCUT2D eigenvalue weighted by atomic mass is 9.98. The predicted octanol–water partition coefficient (Wildman–Crippen LogP) is 1.80. The lowest BCUT2D eigenvalue weighted by molar-refractivity contribution is 0.398. The van der Waals surface area contributed by atoms with E-state index >= 15 is 0 Å². The Kier molecular flexibility index (Phi) is 6.24. The monoisotopic (exact) mass is 161 g/mol. The van der Waals surface area contributed by atoms with Crippen LogP contribution in [0.1, 0.15) is 20.8 Å². The van der Waals surface area contributed by atoms with Crippen molar-refractivity contribution >= 4 is 12.6 Å². The van der Waals surface area contributed by atoms with E-state index in [-0.39, 0.29) is 0 Å². The highest BCUT2D eigenvalue weighted by Crippen LogP contribution is 2.06. The van der Waals surface area contributed by atoms with E-state index in [2.05, 4.69) is 38.7 Å². The largest absolute Gasteiger partial charge is 0.316 e. The van der Waals surface area contributed by atoms with Crippen molar-refractivity contribution in [1.29, 1.82) is 0 Å². The van der Waals surface area contributed by atoms with Gasteiger partial charge in [0.1, 0.15) is 0 Å². The van der Waals surface area contributed by atoms with Gasteiger partial charge in [0.25, 0.3) is 0 Å². The maximum Gasteiger partial charge on any atom is 0.00398 e. The maximum absolute atomic E-state index is 4.11. The predicted molar refractivity (Wildman–Crippen MR) is 50.7 cm³/mol. The smallest absolute Gasteiger partial charge is 0.00398 e. The van der Waals surface area contributed by atoms with E-state index < -0.39 is 0 Å². The number of hydrogen-bond donors (Lipinski definition) is 2. The van der Waals surface area contributed by atoms with Gasteiger partial charge in [-0.2, -0.15) is 12.6 Å². The van der Waals surface area contributed by atoms with E-state index in [1.165, 1.54) is 0 Å². The van der Waals surface area contributed by atoms with Crippen molar-refractivity contribution in [2.45, 2.75) is 20.8 Å². The fourth-order valence-electron chi connectivity index (χ4n) is 0.644. The van der Waals surface area contributed by atoms with Gasteiger partial charge in [0.15, 0.2) is 0 Å². The third kappa shape index (κ3) is 5.12. The molecule has 1 atom stereocenters. The first-order valence-corrected chi connectivity index (χ1v) is 4.63. The van der Waals surface area contributed by atoms with Gasteiger partial charge in [-0.1, -0.05) is 20.8 Å². The van der Waals surface area contributed by atoms with Gasteiger partial charge < -0.3 is 5.32 Å². The van der Waals surface area contributed by atoms with Crippen LogP contribution in [0.15, 0.2) is 0 Å². The average molecular weight is 161 g/mol. The number of rotatable bonds is 5. The Bertz CT molecular complexity index is 73.7. The van der Waals surface area contributed by atoms with Crippen molar-refractivity contribution in [2.75, 3.05) is 18.8 Å². The van der Waals surface area contributed by atoms with Crippen LogP contribution in [0.3, 0.4) is 0 Å². The third-order valence-corrected chi connectivity index (χ3v) is 2.12. The summed E-state index contributed by atoms with van der Waals surface area (Å²) < 4.78 is 0. The quantitative estimate of drug-likeness (QED) is 0.463. The molecule has 0 fully saturated rings. The molecule has 1 nitrogen and oxygen atoms in total. The second kappa shape index (κ2) is 6.05. The molecule has 0 aliphatic carbocycles. The van der Waals surface area contributed by atoms with Crippen molar-refractivity contribution in [3.63, 3.8) is 0 Å². The van der Waals surface area contributed by atoms with E-state index in [1.807, 2.05) is 0 Å². The van der Waals surface area contributed by atoms with Gasteiger partial charge in [0.2, 0.25) is 0 Å². The Morgan fingerprint density at radius 3 is 2.30 bits per heavy atom. The molecule has 0 bridgehead atoms. The SMILES string of the molecule is CC(C)C(C)CNCCS. The zero-order valence-corrected chi connectivity index (χ0v) is 8.12. The summed E-state index contributed by atoms with van der Waals surface area (Å²) in [4.78, 5) is 0. The summed E-state index contributed by atoms with van der Waals surface area (Å²) in [5.41, 5.74) is 0. The highest BCUT2D eigenvalue weighted by atomic mass is 32.1. The van der Waals surface area contributed by atoms with Crippen molar-refractivity contribution in [2.24, 2.45) is 11.8 Å². The molecule has 0 aromatic heterocycles. The van der Waals surface area contributed by atoms with Crippen molar-refractivity contribution in [3.8, 4) is 0 Å². The molecule has 0 aromatic rings. The average Bonchev–Trinajstić information content (AvgIpc) is 1.88. The van der Waals surface area contributed by atoms with Gasteiger partial charge in [0, 0.05) is 12.3 Å². The molecular formula is C8H19NS. The highest BCUT2D eigenvalue weighted by Gasteiger charge is 2.04. The molecule has 0 saturated heterocycles. The standard InChI is InChI=1S/C8H19NS/c1-7(2)8(3)6-9-4-5-10/h7-10H,4-6H2,1-3H3. The number of thiol groups is 1. The molecule has 62 valence electrons. The van der Waals surface area contributed by atoms with Crippen LogP contribution in [0.2, 0.25) is 0 Å². The second-order valence-electron chi connectivity index (χ2n) is 3.15. The highest BCUT2D eigenvalue weighted by molar-refractivity contribution is 7.80. The fourth-order valence-corrected chi connectivity index (χ4v) is 0.803. The third-order valence-electron chi connectivity index (χ3n) is 1.89. The lowest BCUT2D eigenvalue weighted by Gasteiger charge is -2.15. The summed E-state index contributed by atoms with van der Waals surface area (Å²) in [7, 11) is 0. The maximum atomic E-state index is 4.11. The molecule has 0 rings (SSSR count). The summed E-state index contributed by atoms with van der Waals surface area (Å²) in [6.07, 6.45) is 0. The Morgan fingerprint density at radius 1 is 1.30 bits per heavy atom. The zero-order chi connectivity index (χ0) is 7.98. The van der Waals surface area contributed by atoms with Gasteiger partial charge in [0.05, 0.1) is 0 Å². The Hall–Kier alpha value is 0.310. The van der Waals surface area contributed by atoms with Gasteiger partial charge in [-0.05, 0) is 18.4 Å². The normalized spacial score (nSPS) is 14.1. The van der Waals surface area contributed by atoms with Gasteiger partial charge in [-0.15, -0.1) is 0 Å². The molecule has 0 spiro atoms. The molecule has 0 heterocycles. The summed E-state index contributed by atoms with van der Waals surface area (Å²) in [5, 5.41) is 3.34. The van der Waals surface area contributed by atoms with E-state index in [4.69, 9.17) is 0 Å². The van der Waals surface area contributed by atoms with E-state index in [1.54, 1.807) is 0 Å². The number of nitrogens with one attached hydrogen (secondary N) is 1. The molecular weight excluding hydrogens is 142 g/mol. The van der Waals surface area contributed by atoms with E-state index in [9.17, 15) is 0 Å². The summed E-state index contributed by atoms with van der Waals surface area (Å²) in [5.74, 6) is 2.50. The molecule has 0 saturated carbocycles. The van der Waals surface area contributed by atoms with Crippen LogP contribution in [0.4, 0.5) is 0 Å². The van der Waals surface area contributed by atoms with Crippen LogP contribution in [0, 0.1) is 11.8 Å². The first-order valence-electron chi connectivity index (χ1n) is 4.00. The van der Waals surface area contributed by atoms with Gasteiger partial charge in [-0.3, -0.25) is 0 Å². The van der Waals surface area contributed by atoms with Crippen LogP contribution in [-0.2, 0) is 0 Å². The van der Waals surface area contributed by atoms with Crippen LogP contribution in [-0.4, -0.2) is 18.8 Å². The van der Waals surface area contributed by atoms with Crippen molar-refractivity contribution < 1.29 is 0 Å². The topological polar surface area (TPSA) is 12.0 Å². The molecule has 0 radical (unpaired) electrons. The minimum atomic E-state index is 0.778. The molecule has 0 aliphatic heterocycles.